The zero-order chi connectivity index (χ0) is 16.2. The summed E-state index contributed by atoms with van der Waals surface area (Å²) in [6.45, 7) is 7.37. The maximum atomic E-state index is 5.74. The lowest BCUT2D eigenvalue weighted by Gasteiger charge is -2.13. The van der Waals surface area contributed by atoms with Gasteiger partial charge in [-0.05, 0) is 0 Å². The Hall–Kier alpha value is -2.31. The Balaban J connectivity index is 1.86. The van der Waals surface area contributed by atoms with E-state index in [2.05, 4.69) is 46.4 Å². The highest BCUT2D eigenvalue weighted by Crippen LogP contribution is 2.22. The van der Waals surface area contributed by atoms with Gasteiger partial charge < -0.3 is 19.6 Å². The van der Waals surface area contributed by atoms with Crippen LogP contribution in [0.1, 0.15) is 38.2 Å². The Morgan fingerprint density at radius 2 is 2.00 bits per heavy atom. The summed E-state index contributed by atoms with van der Waals surface area (Å²) in [4.78, 5) is 12.7. The van der Waals surface area contributed by atoms with Gasteiger partial charge in [-0.3, -0.25) is 4.99 Å². The van der Waals surface area contributed by atoms with Crippen LogP contribution in [-0.4, -0.2) is 27.5 Å². The van der Waals surface area contributed by atoms with Crippen molar-refractivity contribution in [1.29, 1.82) is 0 Å². The topological polar surface area (TPSA) is 80.3 Å². The van der Waals surface area contributed by atoms with Gasteiger partial charge in [0.25, 0.3) is 0 Å². The molecular weight excluding hydrogens is 280 g/mol. The number of aryl methyl sites for hydroxylation is 1. The summed E-state index contributed by atoms with van der Waals surface area (Å²) in [5, 5.41) is 6.38. The van der Waals surface area contributed by atoms with Crippen LogP contribution in [0.15, 0.2) is 28.0 Å². The molecule has 120 valence electrons. The zero-order valence-corrected chi connectivity index (χ0v) is 13.8. The number of nitrogens with one attached hydrogen (secondary N) is 2. The predicted molar refractivity (Wildman–Crippen MR) is 85.4 cm³/mol. The normalized spacial score (nSPS) is 12.5. The van der Waals surface area contributed by atoms with Crippen molar-refractivity contribution in [2.45, 2.75) is 39.3 Å². The van der Waals surface area contributed by atoms with Gasteiger partial charge in [0.1, 0.15) is 11.6 Å². The fourth-order valence-electron chi connectivity index (χ4n) is 1.85. The molecule has 0 atom stereocenters. The molecule has 0 unspecified atom stereocenters. The van der Waals surface area contributed by atoms with Gasteiger partial charge in [0.05, 0.1) is 19.3 Å². The van der Waals surface area contributed by atoms with Gasteiger partial charge in [0.15, 0.2) is 5.96 Å². The first-order valence-corrected chi connectivity index (χ1v) is 7.26. The van der Waals surface area contributed by atoms with Gasteiger partial charge >= 0.3 is 0 Å². The molecule has 0 saturated heterocycles. The van der Waals surface area contributed by atoms with Gasteiger partial charge in [-0.25, -0.2) is 9.97 Å². The van der Waals surface area contributed by atoms with E-state index in [0.717, 1.165) is 11.6 Å². The molecule has 2 rings (SSSR count). The number of oxazole rings is 1. The van der Waals surface area contributed by atoms with Crippen molar-refractivity contribution in [3.8, 4) is 0 Å². The Morgan fingerprint density at radius 3 is 2.55 bits per heavy atom. The predicted octanol–water partition coefficient (Wildman–Crippen LogP) is 1.57. The Bertz CT molecular complexity index is 634. The van der Waals surface area contributed by atoms with E-state index in [1.54, 1.807) is 19.4 Å². The summed E-state index contributed by atoms with van der Waals surface area (Å²) in [5.74, 6) is 3.14. The van der Waals surface area contributed by atoms with Gasteiger partial charge in [-0.1, -0.05) is 20.8 Å². The van der Waals surface area contributed by atoms with Crippen molar-refractivity contribution in [3.05, 3.63) is 36.1 Å². The van der Waals surface area contributed by atoms with Gasteiger partial charge in [-0.15, -0.1) is 0 Å². The molecule has 22 heavy (non-hydrogen) atoms. The fraction of sp³-hybridized carbons (Fsp3) is 0.533. The molecule has 2 heterocycles. The second-order valence-electron chi connectivity index (χ2n) is 6.10. The van der Waals surface area contributed by atoms with Crippen LogP contribution in [0, 0.1) is 0 Å². The van der Waals surface area contributed by atoms with Crippen LogP contribution in [0.3, 0.4) is 0 Å². The van der Waals surface area contributed by atoms with Crippen LogP contribution in [0.4, 0.5) is 0 Å². The summed E-state index contributed by atoms with van der Waals surface area (Å²) in [6, 6.07) is 0. The van der Waals surface area contributed by atoms with E-state index >= 15 is 0 Å². The highest BCUT2D eigenvalue weighted by Gasteiger charge is 2.19. The van der Waals surface area contributed by atoms with E-state index in [4.69, 9.17) is 4.42 Å². The minimum absolute atomic E-state index is 0.0383. The van der Waals surface area contributed by atoms with Crippen LogP contribution in [0.5, 0.6) is 0 Å². The number of nitrogens with zero attached hydrogens (tertiary/aromatic N) is 4. The zero-order valence-electron chi connectivity index (χ0n) is 13.8. The van der Waals surface area contributed by atoms with Crippen LogP contribution in [-0.2, 0) is 25.6 Å². The van der Waals surface area contributed by atoms with Crippen molar-refractivity contribution in [3.63, 3.8) is 0 Å². The average Bonchev–Trinajstić information content (AvgIpc) is 3.08. The summed E-state index contributed by atoms with van der Waals surface area (Å²) in [6.07, 6.45) is 5.46. The summed E-state index contributed by atoms with van der Waals surface area (Å²) < 4.78 is 7.70. The maximum absolute atomic E-state index is 5.74. The Labute approximate surface area is 130 Å². The number of guanidine groups is 1. The van der Waals surface area contributed by atoms with Crippen molar-refractivity contribution in [1.82, 2.24) is 25.2 Å². The van der Waals surface area contributed by atoms with Crippen LogP contribution in [0.2, 0.25) is 0 Å². The SMILES string of the molecule is CN=C(NCc1ncc(C(C)(C)C)o1)NCc1nccn1C. The first kappa shape index (κ1) is 16.1. The summed E-state index contributed by atoms with van der Waals surface area (Å²) in [5.41, 5.74) is -0.0383. The lowest BCUT2D eigenvalue weighted by molar-refractivity contribution is 0.379. The fourth-order valence-corrected chi connectivity index (χ4v) is 1.85. The van der Waals surface area contributed by atoms with E-state index in [1.807, 2.05) is 17.8 Å². The molecule has 0 fully saturated rings. The minimum atomic E-state index is -0.0383. The van der Waals surface area contributed by atoms with E-state index in [9.17, 15) is 0 Å². The molecular formula is C15H24N6O. The first-order valence-electron chi connectivity index (χ1n) is 7.26. The molecule has 0 aliphatic carbocycles. The summed E-state index contributed by atoms with van der Waals surface area (Å²) in [7, 11) is 3.69. The van der Waals surface area contributed by atoms with Crippen molar-refractivity contribution in [2.75, 3.05) is 7.05 Å². The average molecular weight is 304 g/mol. The van der Waals surface area contributed by atoms with Crippen molar-refractivity contribution < 1.29 is 4.42 Å². The molecule has 7 nitrogen and oxygen atoms in total. The number of aliphatic imine (C=N–C) groups is 1. The lowest BCUT2D eigenvalue weighted by atomic mass is 9.94. The van der Waals surface area contributed by atoms with Crippen LogP contribution in [0.25, 0.3) is 0 Å². The van der Waals surface area contributed by atoms with Crippen molar-refractivity contribution >= 4 is 5.96 Å². The molecule has 2 N–H and O–H groups in total. The third kappa shape index (κ3) is 4.09. The lowest BCUT2D eigenvalue weighted by Crippen LogP contribution is -2.37. The van der Waals surface area contributed by atoms with Gasteiger partial charge in [-0.2, -0.15) is 0 Å². The number of rotatable bonds is 4. The second-order valence-corrected chi connectivity index (χ2v) is 6.10. The molecule has 7 heteroatoms. The number of hydrogen-bond donors (Lipinski definition) is 2. The molecule has 0 spiro atoms. The minimum Gasteiger partial charge on any atom is -0.443 e. The Kier molecular flexibility index (Phi) is 4.85. The van der Waals surface area contributed by atoms with Gasteiger partial charge in [0, 0.05) is 31.9 Å². The molecule has 0 aliphatic rings. The molecule has 0 saturated carbocycles. The number of hydrogen-bond acceptors (Lipinski definition) is 4. The molecule has 0 aliphatic heterocycles. The number of imidazole rings is 1. The van der Waals surface area contributed by atoms with E-state index in [0.29, 0.717) is 24.9 Å². The molecule has 0 aromatic carbocycles. The molecule has 0 radical (unpaired) electrons. The quantitative estimate of drug-likeness (QED) is 0.662. The molecule has 0 amide bonds. The monoisotopic (exact) mass is 304 g/mol. The Morgan fingerprint density at radius 1 is 1.27 bits per heavy atom. The third-order valence-electron chi connectivity index (χ3n) is 3.26. The third-order valence-corrected chi connectivity index (χ3v) is 3.26. The maximum Gasteiger partial charge on any atom is 0.213 e. The van der Waals surface area contributed by atoms with Crippen molar-refractivity contribution in [2.24, 2.45) is 12.0 Å². The first-order chi connectivity index (χ1) is 10.4. The van der Waals surface area contributed by atoms with Crippen LogP contribution < -0.4 is 10.6 Å². The van der Waals surface area contributed by atoms with E-state index < -0.39 is 0 Å². The largest absolute Gasteiger partial charge is 0.443 e. The van der Waals surface area contributed by atoms with Crippen LogP contribution >= 0.6 is 0 Å². The second kappa shape index (κ2) is 6.64. The van der Waals surface area contributed by atoms with Gasteiger partial charge in [0.2, 0.25) is 5.89 Å². The number of aromatic nitrogens is 3. The highest BCUT2D eigenvalue weighted by atomic mass is 16.4. The highest BCUT2D eigenvalue weighted by molar-refractivity contribution is 5.79. The molecule has 2 aromatic rings. The van der Waals surface area contributed by atoms with E-state index in [1.165, 1.54) is 0 Å². The standard InChI is InChI=1S/C15H24N6O/c1-15(2,3)11-8-18-13(22-11)10-20-14(16-4)19-9-12-17-6-7-21(12)5/h6-8H,9-10H2,1-5H3,(H2,16,19,20). The van der Waals surface area contributed by atoms with E-state index in [-0.39, 0.29) is 5.41 Å². The smallest absolute Gasteiger partial charge is 0.213 e. The molecule has 2 aromatic heterocycles. The molecule has 0 bridgehead atoms. The summed E-state index contributed by atoms with van der Waals surface area (Å²) >= 11 is 0.